The summed E-state index contributed by atoms with van der Waals surface area (Å²) in [6.07, 6.45) is -0.290. The van der Waals surface area contributed by atoms with E-state index >= 15 is 0 Å². The van der Waals surface area contributed by atoms with Crippen molar-refractivity contribution in [1.82, 2.24) is 14.8 Å². The van der Waals surface area contributed by atoms with E-state index in [9.17, 15) is 4.79 Å². The number of aryl methyl sites for hydroxylation is 2. The minimum absolute atomic E-state index is 0.160. The van der Waals surface area contributed by atoms with E-state index < -0.39 is 0 Å². The molecule has 0 bridgehead atoms. The van der Waals surface area contributed by atoms with Crippen molar-refractivity contribution in [3.05, 3.63) is 63.4 Å². The lowest BCUT2D eigenvalue weighted by Crippen LogP contribution is -2.15. The second kappa shape index (κ2) is 10.4. The van der Waals surface area contributed by atoms with Gasteiger partial charge in [0, 0.05) is 6.54 Å². The summed E-state index contributed by atoms with van der Waals surface area (Å²) in [4.78, 5) is 12.4. The van der Waals surface area contributed by atoms with Gasteiger partial charge in [-0.25, -0.2) is 0 Å². The quantitative estimate of drug-likeness (QED) is 0.396. The number of carbonyl (C=O) groups is 1. The van der Waals surface area contributed by atoms with Crippen LogP contribution in [0.3, 0.4) is 0 Å². The molecule has 31 heavy (non-hydrogen) atoms. The molecule has 1 atom stereocenters. The van der Waals surface area contributed by atoms with E-state index in [2.05, 4.69) is 21.6 Å². The van der Waals surface area contributed by atoms with Crippen molar-refractivity contribution < 1.29 is 9.53 Å². The van der Waals surface area contributed by atoms with Crippen LogP contribution in [0.25, 0.3) is 0 Å². The van der Waals surface area contributed by atoms with Crippen LogP contribution in [0.4, 0.5) is 5.69 Å². The normalized spacial score (nSPS) is 11.9. The van der Waals surface area contributed by atoms with Crippen molar-refractivity contribution in [2.24, 2.45) is 0 Å². The molecule has 1 amide bonds. The number of benzene rings is 2. The molecular formula is C22H24Cl2N4O2S. The number of hydrogen-bond donors (Lipinski definition) is 1. The molecule has 0 aliphatic heterocycles. The van der Waals surface area contributed by atoms with Crippen molar-refractivity contribution in [2.45, 2.75) is 45.5 Å². The number of rotatable bonds is 8. The van der Waals surface area contributed by atoms with Gasteiger partial charge in [0.2, 0.25) is 5.91 Å². The van der Waals surface area contributed by atoms with Crippen molar-refractivity contribution in [3.8, 4) is 5.75 Å². The van der Waals surface area contributed by atoms with Gasteiger partial charge in [0.1, 0.15) is 5.75 Å². The Balaban J connectivity index is 1.66. The Morgan fingerprint density at radius 3 is 2.58 bits per heavy atom. The van der Waals surface area contributed by atoms with Crippen molar-refractivity contribution in [1.29, 1.82) is 0 Å². The van der Waals surface area contributed by atoms with Gasteiger partial charge in [-0.3, -0.25) is 4.79 Å². The smallest absolute Gasteiger partial charge is 0.234 e. The molecule has 1 aromatic heterocycles. The lowest BCUT2D eigenvalue weighted by molar-refractivity contribution is -0.113. The van der Waals surface area contributed by atoms with Crippen LogP contribution < -0.4 is 10.1 Å². The zero-order valence-electron chi connectivity index (χ0n) is 17.8. The Morgan fingerprint density at radius 1 is 1.19 bits per heavy atom. The summed E-state index contributed by atoms with van der Waals surface area (Å²) < 4.78 is 8.06. The molecule has 1 unspecified atom stereocenters. The van der Waals surface area contributed by atoms with Gasteiger partial charge in [-0.2, -0.15) is 0 Å². The molecule has 0 spiro atoms. The highest BCUT2D eigenvalue weighted by Crippen LogP contribution is 2.30. The first kappa shape index (κ1) is 23.4. The average molecular weight is 479 g/mol. The number of aromatic nitrogens is 3. The second-order valence-electron chi connectivity index (χ2n) is 7.11. The summed E-state index contributed by atoms with van der Waals surface area (Å²) in [5.41, 5.74) is 2.76. The van der Waals surface area contributed by atoms with Crippen molar-refractivity contribution >= 4 is 46.6 Å². The molecule has 3 aromatic rings. The molecule has 6 nitrogen and oxygen atoms in total. The van der Waals surface area contributed by atoms with E-state index in [1.54, 1.807) is 18.2 Å². The van der Waals surface area contributed by atoms with E-state index in [4.69, 9.17) is 27.9 Å². The summed E-state index contributed by atoms with van der Waals surface area (Å²) in [6, 6.07) is 11.2. The molecule has 9 heteroatoms. The minimum Gasteiger partial charge on any atom is -0.483 e. The molecule has 0 aliphatic carbocycles. The van der Waals surface area contributed by atoms with Gasteiger partial charge in [0.25, 0.3) is 0 Å². The van der Waals surface area contributed by atoms with Gasteiger partial charge in [0.15, 0.2) is 17.1 Å². The maximum Gasteiger partial charge on any atom is 0.234 e. The highest BCUT2D eigenvalue weighted by atomic mass is 35.5. The molecule has 3 rings (SSSR count). The highest BCUT2D eigenvalue weighted by molar-refractivity contribution is 7.99. The topological polar surface area (TPSA) is 69.0 Å². The third-order valence-electron chi connectivity index (χ3n) is 4.49. The summed E-state index contributed by atoms with van der Waals surface area (Å²) >= 11 is 13.4. The summed E-state index contributed by atoms with van der Waals surface area (Å²) in [6.45, 7) is 8.68. The molecule has 2 aromatic carbocycles. The molecule has 0 aliphatic rings. The van der Waals surface area contributed by atoms with Crippen molar-refractivity contribution in [2.75, 3.05) is 11.1 Å². The number of hydrogen-bond acceptors (Lipinski definition) is 5. The van der Waals surface area contributed by atoms with Crippen LogP contribution in [0.15, 0.2) is 41.6 Å². The first-order chi connectivity index (χ1) is 14.8. The molecular weight excluding hydrogens is 455 g/mol. The van der Waals surface area contributed by atoms with Gasteiger partial charge in [-0.15, -0.1) is 10.2 Å². The van der Waals surface area contributed by atoms with E-state index in [0.717, 1.165) is 16.9 Å². The Kier molecular flexibility index (Phi) is 7.86. The number of amides is 1. The lowest BCUT2D eigenvalue weighted by Gasteiger charge is -2.16. The number of carbonyl (C=O) groups excluding carboxylic acids is 1. The first-order valence-corrected chi connectivity index (χ1v) is 11.6. The largest absolute Gasteiger partial charge is 0.483 e. The molecule has 1 N–H and O–H groups in total. The van der Waals surface area contributed by atoms with Crippen LogP contribution in [-0.4, -0.2) is 26.4 Å². The third-order valence-corrected chi connectivity index (χ3v) is 6.28. The van der Waals surface area contributed by atoms with Gasteiger partial charge in [0.05, 0.1) is 21.5 Å². The van der Waals surface area contributed by atoms with E-state index in [1.165, 1.54) is 11.8 Å². The first-order valence-electron chi connectivity index (χ1n) is 9.83. The number of nitrogens with one attached hydrogen (secondary N) is 1. The van der Waals surface area contributed by atoms with Gasteiger partial charge in [-0.1, -0.05) is 47.1 Å². The monoisotopic (exact) mass is 478 g/mol. The Hall–Kier alpha value is -2.22. The average Bonchev–Trinajstić information content (AvgIpc) is 3.12. The Bertz CT molecular complexity index is 1070. The maximum atomic E-state index is 12.4. The Labute approximate surface area is 196 Å². The number of halogens is 2. The molecule has 0 fully saturated rings. The fourth-order valence-corrected chi connectivity index (χ4v) is 4.34. The van der Waals surface area contributed by atoms with Gasteiger partial charge >= 0.3 is 0 Å². The van der Waals surface area contributed by atoms with Crippen LogP contribution >= 0.6 is 35.0 Å². The summed E-state index contributed by atoms with van der Waals surface area (Å²) in [5.74, 6) is 1.46. The Morgan fingerprint density at radius 2 is 1.90 bits per heavy atom. The number of ether oxygens (including phenoxy) is 1. The summed E-state index contributed by atoms with van der Waals surface area (Å²) in [7, 11) is 0. The van der Waals surface area contributed by atoms with Crippen LogP contribution in [0.2, 0.25) is 10.0 Å². The predicted molar refractivity (Wildman–Crippen MR) is 126 cm³/mol. The highest BCUT2D eigenvalue weighted by Gasteiger charge is 2.20. The van der Waals surface area contributed by atoms with Crippen LogP contribution in [0.5, 0.6) is 5.75 Å². The van der Waals surface area contributed by atoms with E-state index in [-0.39, 0.29) is 17.8 Å². The van der Waals surface area contributed by atoms with Gasteiger partial charge < -0.3 is 14.6 Å². The van der Waals surface area contributed by atoms with E-state index in [1.807, 2.05) is 44.4 Å². The zero-order chi connectivity index (χ0) is 22.5. The maximum absolute atomic E-state index is 12.4. The van der Waals surface area contributed by atoms with Crippen LogP contribution in [0, 0.1) is 13.8 Å². The van der Waals surface area contributed by atoms with Crippen molar-refractivity contribution in [3.63, 3.8) is 0 Å². The molecule has 0 saturated carbocycles. The SMILES string of the molecule is CCn1c(SCC(=O)Nc2cccc(Cl)c2Cl)nnc1C(C)Oc1cc(C)cc(C)c1. The second-order valence-corrected chi connectivity index (χ2v) is 8.83. The van der Waals surface area contributed by atoms with Gasteiger partial charge in [-0.05, 0) is 63.1 Å². The van der Waals surface area contributed by atoms with Crippen LogP contribution in [-0.2, 0) is 11.3 Å². The lowest BCUT2D eigenvalue weighted by atomic mass is 10.1. The molecule has 164 valence electrons. The predicted octanol–water partition coefficient (Wildman–Crippen LogP) is 6.09. The van der Waals surface area contributed by atoms with E-state index in [0.29, 0.717) is 33.3 Å². The minimum atomic E-state index is -0.290. The fraction of sp³-hybridized carbons (Fsp3) is 0.318. The number of anilines is 1. The van der Waals surface area contributed by atoms with Crippen LogP contribution in [0.1, 0.15) is 36.9 Å². The molecule has 0 saturated heterocycles. The summed E-state index contributed by atoms with van der Waals surface area (Å²) in [5, 5.41) is 12.7. The third kappa shape index (κ3) is 5.93. The standard InChI is InChI=1S/C22H24Cl2N4O2S/c1-5-28-21(15(4)30-16-10-13(2)9-14(3)11-16)26-27-22(28)31-12-19(29)25-18-8-6-7-17(23)20(18)24/h6-11,15H,5,12H2,1-4H3,(H,25,29). The fourth-order valence-electron chi connectivity index (χ4n) is 3.18. The zero-order valence-corrected chi connectivity index (χ0v) is 20.1. The number of nitrogens with zero attached hydrogens (tertiary/aromatic N) is 3. The molecule has 0 radical (unpaired) electrons. The number of thioether (sulfide) groups is 1. The molecule has 1 heterocycles.